The van der Waals surface area contributed by atoms with Crippen LogP contribution in [0.2, 0.25) is 5.02 Å². The van der Waals surface area contributed by atoms with Crippen LogP contribution in [0.15, 0.2) is 36.7 Å². The molecule has 3 aromatic rings. The maximum absolute atomic E-state index is 13.8. The molecule has 2 aromatic heterocycles. The normalized spacial score (nSPS) is 22.6. The highest BCUT2D eigenvalue weighted by Crippen LogP contribution is 2.53. The number of benzene rings is 1. The van der Waals surface area contributed by atoms with Crippen LogP contribution < -0.4 is 10.1 Å². The van der Waals surface area contributed by atoms with E-state index >= 15 is 0 Å². The lowest BCUT2D eigenvalue weighted by atomic mass is 9.93. The standard InChI is InChI=1S/C26H27ClFN5O4/c1-14(34)12-37-22-9-21(33(3)31-22)26(36)10-16-6-15(7-17(16)11-26)23-24(32(2)13-29-23)25(35)30-18-4-5-19(27)20(28)8-18/h4-6,8-9,13,16-17,36H,7,10-12H2,1-3H3,(H,30,35). The van der Waals surface area contributed by atoms with E-state index in [2.05, 4.69) is 21.5 Å². The van der Waals surface area contributed by atoms with Crippen LogP contribution in [-0.4, -0.2) is 42.7 Å². The van der Waals surface area contributed by atoms with Gasteiger partial charge in [-0.3, -0.25) is 14.3 Å². The number of nitrogens with zero attached hydrogens (tertiary/aromatic N) is 4. The first-order chi connectivity index (χ1) is 17.5. The Hall–Kier alpha value is -3.50. The highest BCUT2D eigenvalue weighted by molar-refractivity contribution is 6.30. The topological polar surface area (TPSA) is 111 Å². The SMILES string of the molecule is CC(=O)COc1cc(C2(O)CC3C=C(c4ncn(C)c4C(=O)Nc4ccc(Cl)c(F)c4)CC3C2)n(C)n1. The molecule has 0 radical (unpaired) electrons. The highest BCUT2D eigenvalue weighted by Gasteiger charge is 2.49. The van der Waals surface area contributed by atoms with E-state index in [4.69, 9.17) is 16.3 Å². The summed E-state index contributed by atoms with van der Waals surface area (Å²) in [5.41, 5.74) is 1.75. The van der Waals surface area contributed by atoms with Gasteiger partial charge in [-0.05, 0) is 61.8 Å². The average molecular weight is 528 g/mol. The maximum Gasteiger partial charge on any atom is 0.274 e. The number of nitrogens with one attached hydrogen (secondary N) is 1. The Labute approximate surface area is 217 Å². The number of ketones is 1. The average Bonchev–Trinajstić information content (AvgIpc) is 3.56. The summed E-state index contributed by atoms with van der Waals surface area (Å²) in [5.74, 6) is -0.561. The number of aromatic nitrogens is 4. The molecule has 0 spiro atoms. The lowest BCUT2D eigenvalue weighted by Crippen LogP contribution is -2.25. The zero-order chi connectivity index (χ0) is 26.5. The Bertz CT molecular complexity index is 1430. The van der Waals surface area contributed by atoms with Crippen LogP contribution in [0.25, 0.3) is 5.57 Å². The van der Waals surface area contributed by atoms with Crippen molar-refractivity contribution in [1.82, 2.24) is 19.3 Å². The first-order valence-corrected chi connectivity index (χ1v) is 12.3. The van der Waals surface area contributed by atoms with E-state index in [9.17, 15) is 19.1 Å². The molecule has 1 fully saturated rings. The van der Waals surface area contributed by atoms with Gasteiger partial charge in [-0.15, -0.1) is 5.10 Å². The van der Waals surface area contributed by atoms with Gasteiger partial charge in [0.25, 0.3) is 5.91 Å². The lowest BCUT2D eigenvalue weighted by molar-refractivity contribution is -0.119. The van der Waals surface area contributed by atoms with E-state index in [1.165, 1.54) is 25.1 Å². The summed E-state index contributed by atoms with van der Waals surface area (Å²) in [6.07, 6.45) is 5.34. The zero-order valence-electron chi connectivity index (χ0n) is 20.7. The summed E-state index contributed by atoms with van der Waals surface area (Å²) in [6.45, 7) is 1.37. The number of fused-ring (bicyclic) bond motifs is 1. The number of Topliss-reactive ketones (excluding diaryl/α,β-unsaturated/α-hetero) is 1. The third kappa shape index (κ3) is 4.78. The Morgan fingerprint density at radius 1 is 1.30 bits per heavy atom. The number of ether oxygens (including phenoxy) is 1. The Kier molecular flexibility index (Phi) is 6.41. The number of halogens is 2. The number of aliphatic hydroxyl groups is 1. The highest BCUT2D eigenvalue weighted by atomic mass is 35.5. The zero-order valence-corrected chi connectivity index (χ0v) is 21.4. The van der Waals surface area contributed by atoms with Gasteiger partial charge in [0, 0.05) is 25.8 Å². The van der Waals surface area contributed by atoms with Crippen molar-refractivity contribution in [1.29, 1.82) is 0 Å². The van der Waals surface area contributed by atoms with Crippen LogP contribution >= 0.6 is 11.6 Å². The molecule has 194 valence electrons. The molecule has 37 heavy (non-hydrogen) atoms. The number of imidazole rings is 1. The second-order valence-corrected chi connectivity index (χ2v) is 10.3. The molecule has 0 bridgehead atoms. The number of amides is 1. The number of rotatable bonds is 7. The molecule has 9 nitrogen and oxygen atoms in total. The molecule has 2 aliphatic carbocycles. The lowest BCUT2D eigenvalue weighted by Gasteiger charge is -2.23. The van der Waals surface area contributed by atoms with E-state index in [0.29, 0.717) is 47.9 Å². The minimum Gasteiger partial charge on any atom is -0.469 e. The van der Waals surface area contributed by atoms with Gasteiger partial charge in [0.05, 0.1) is 22.7 Å². The third-order valence-electron chi connectivity index (χ3n) is 7.07. The second kappa shape index (κ2) is 9.42. The Balaban J connectivity index is 1.34. The van der Waals surface area contributed by atoms with Crippen molar-refractivity contribution in [3.05, 3.63) is 64.6 Å². The largest absolute Gasteiger partial charge is 0.469 e. The summed E-state index contributed by atoms with van der Waals surface area (Å²) in [6, 6.07) is 5.79. The molecular formula is C26H27ClFN5O4. The molecule has 1 aromatic carbocycles. The van der Waals surface area contributed by atoms with Gasteiger partial charge in [0.15, 0.2) is 5.78 Å². The first-order valence-electron chi connectivity index (χ1n) is 11.9. The fraction of sp³-hybridized carbons (Fsp3) is 0.385. The molecule has 2 aliphatic rings. The quantitative estimate of drug-likeness (QED) is 0.482. The van der Waals surface area contributed by atoms with Gasteiger partial charge < -0.3 is 19.7 Å². The van der Waals surface area contributed by atoms with Crippen molar-refractivity contribution < 1.29 is 23.8 Å². The summed E-state index contributed by atoms with van der Waals surface area (Å²) >= 11 is 5.74. The van der Waals surface area contributed by atoms with Gasteiger partial charge in [0.1, 0.15) is 23.7 Å². The number of aryl methyl sites for hydroxylation is 2. The maximum atomic E-state index is 13.8. The number of carbonyl (C=O) groups is 2. The van der Waals surface area contributed by atoms with E-state index in [1.807, 2.05) is 0 Å². The van der Waals surface area contributed by atoms with Crippen LogP contribution in [0, 0.1) is 17.7 Å². The van der Waals surface area contributed by atoms with Crippen LogP contribution in [0.3, 0.4) is 0 Å². The van der Waals surface area contributed by atoms with Gasteiger partial charge in [-0.25, -0.2) is 9.37 Å². The molecule has 3 unspecified atom stereocenters. The number of hydrogen-bond acceptors (Lipinski definition) is 6. The molecule has 1 saturated carbocycles. The molecule has 11 heteroatoms. The number of allylic oxidation sites excluding steroid dienone is 2. The molecule has 2 N–H and O–H groups in total. The predicted octanol–water partition coefficient (Wildman–Crippen LogP) is 3.87. The number of anilines is 1. The van der Waals surface area contributed by atoms with Crippen molar-refractivity contribution in [2.24, 2.45) is 25.9 Å². The molecule has 2 heterocycles. The minimum absolute atomic E-state index is 0.0206. The van der Waals surface area contributed by atoms with Crippen molar-refractivity contribution in [3.63, 3.8) is 0 Å². The van der Waals surface area contributed by atoms with Crippen molar-refractivity contribution in [3.8, 4) is 5.88 Å². The minimum atomic E-state index is -1.08. The van der Waals surface area contributed by atoms with Gasteiger partial charge in [-0.2, -0.15) is 0 Å². The third-order valence-corrected chi connectivity index (χ3v) is 7.37. The van der Waals surface area contributed by atoms with E-state index in [-0.39, 0.29) is 29.2 Å². The predicted molar refractivity (Wildman–Crippen MR) is 135 cm³/mol. The summed E-state index contributed by atoms with van der Waals surface area (Å²) in [7, 11) is 3.48. The number of carbonyl (C=O) groups excluding carboxylic acids is 2. The number of hydrogen-bond donors (Lipinski definition) is 2. The molecule has 3 atom stereocenters. The van der Waals surface area contributed by atoms with E-state index in [0.717, 1.165) is 5.57 Å². The van der Waals surface area contributed by atoms with Crippen molar-refractivity contribution in [2.45, 2.75) is 31.8 Å². The van der Waals surface area contributed by atoms with Crippen molar-refractivity contribution in [2.75, 3.05) is 11.9 Å². The second-order valence-electron chi connectivity index (χ2n) is 9.88. The first kappa shape index (κ1) is 25.2. The molecule has 0 saturated heterocycles. The van der Waals surface area contributed by atoms with Gasteiger partial charge >= 0.3 is 0 Å². The smallest absolute Gasteiger partial charge is 0.274 e. The summed E-state index contributed by atoms with van der Waals surface area (Å²) in [4.78, 5) is 28.8. The summed E-state index contributed by atoms with van der Waals surface area (Å²) < 4.78 is 22.5. The monoisotopic (exact) mass is 527 g/mol. The van der Waals surface area contributed by atoms with Gasteiger partial charge in [0.2, 0.25) is 5.88 Å². The fourth-order valence-electron chi connectivity index (χ4n) is 5.46. The van der Waals surface area contributed by atoms with Crippen LogP contribution in [0.5, 0.6) is 5.88 Å². The summed E-state index contributed by atoms with van der Waals surface area (Å²) in [5, 5.41) is 18.5. The van der Waals surface area contributed by atoms with E-state index in [1.54, 1.807) is 35.7 Å². The fourth-order valence-corrected chi connectivity index (χ4v) is 5.57. The molecule has 5 rings (SSSR count). The Morgan fingerprint density at radius 2 is 2.08 bits per heavy atom. The van der Waals surface area contributed by atoms with Crippen molar-refractivity contribution >= 4 is 34.6 Å². The molecule has 0 aliphatic heterocycles. The van der Waals surface area contributed by atoms with Crippen LogP contribution in [0.1, 0.15) is 48.1 Å². The van der Waals surface area contributed by atoms with Crippen LogP contribution in [-0.2, 0) is 24.5 Å². The Morgan fingerprint density at radius 3 is 2.78 bits per heavy atom. The van der Waals surface area contributed by atoms with Gasteiger partial charge in [-0.1, -0.05) is 17.7 Å². The van der Waals surface area contributed by atoms with Crippen LogP contribution in [0.4, 0.5) is 10.1 Å². The molecule has 1 amide bonds. The molecular weight excluding hydrogens is 501 g/mol. The van der Waals surface area contributed by atoms with E-state index < -0.39 is 17.3 Å².